The zero-order valence-electron chi connectivity index (χ0n) is 7.29. The SMILES string of the molecule is Cc1ccc(CS(=O)(=O)Cl)c(O)c1F. The van der Waals surface area contributed by atoms with Gasteiger partial charge >= 0.3 is 0 Å². The third kappa shape index (κ3) is 2.59. The first-order chi connectivity index (χ1) is 6.31. The van der Waals surface area contributed by atoms with Crippen LogP contribution in [0.4, 0.5) is 4.39 Å². The summed E-state index contributed by atoms with van der Waals surface area (Å²) in [5, 5.41) is 9.24. The van der Waals surface area contributed by atoms with Gasteiger partial charge in [0.05, 0.1) is 5.75 Å². The van der Waals surface area contributed by atoms with Crippen LogP contribution in [-0.4, -0.2) is 13.5 Å². The summed E-state index contributed by atoms with van der Waals surface area (Å²) in [6, 6.07) is 2.71. The highest BCUT2D eigenvalue weighted by atomic mass is 35.7. The van der Waals surface area contributed by atoms with Gasteiger partial charge in [0.1, 0.15) is 0 Å². The number of benzene rings is 1. The molecule has 14 heavy (non-hydrogen) atoms. The van der Waals surface area contributed by atoms with Crippen molar-refractivity contribution in [2.75, 3.05) is 0 Å². The quantitative estimate of drug-likeness (QED) is 0.801. The molecule has 0 saturated carbocycles. The molecular weight excluding hydrogens is 231 g/mol. The van der Waals surface area contributed by atoms with Gasteiger partial charge in [0.2, 0.25) is 9.05 Å². The maximum Gasteiger partial charge on any atom is 0.236 e. The lowest BCUT2D eigenvalue weighted by Crippen LogP contribution is -1.97. The van der Waals surface area contributed by atoms with Crippen molar-refractivity contribution < 1.29 is 17.9 Å². The molecule has 0 bridgehead atoms. The van der Waals surface area contributed by atoms with Gasteiger partial charge in [-0.1, -0.05) is 12.1 Å². The predicted molar refractivity (Wildman–Crippen MR) is 51.3 cm³/mol. The largest absolute Gasteiger partial charge is 0.505 e. The van der Waals surface area contributed by atoms with E-state index in [4.69, 9.17) is 10.7 Å². The fraction of sp³-hybridized carbons (Fsp3) is 0.250. The minimum Gasteiger partial charge on any atom is -0.505 e. The van der Waals surface area contributed by atoms with Crippen molar-refractivity contribution >= 4 is 19.7 Å². The summed E-state index contributed by atoms with van der Waals surface area (Å²) in [6.45, 7) is 1.47. The molecule has 0 aliphatic heterocycles. The first-order valence-corrected chi connectivity index (χ1v) is 6.18. The van der Waals surface area contributed by atoms with E-state index in [-0.39, 0.29) is 11.1 Å². The van der Waals surface area contributed by atoms with E-state index in [1.807, 2.05) is 0 Å². The Bertz CT molecular complexity index is 456. The molecule has 0 radical (unpaired) electrons. The lowest BCUT2D eigenvalue weighted by Gasteiger charge is -2.04. The van der Waals surface area contributed by atoms with Crippen LogP contribution in [0, 0.1) is 12.7 Å². The van der Waals surface area contributed by atoms with Crippen LogP contribution in [-0.2, 0) is 14.8 Å². The predicted octanol–water partition coefficient (Wildman–Crippen LogP) is 1.91. The van der Waals surface area contributed by atoms with E-state index in [0.29, 0.717) is 0 Å². The summed E-state index contributed by atoms with van der Waals surface area (Å²) in [7, 11) is 1.19. The fourth-order valence-corrected chi connectivity index (χ4v) is 1.96. The molecule has 3 nitrogen and oxygen atoms in total. The molecule has 0 amide bonds. The molecule has 0 atom stereocenters. The maximum atomic E-state index is 13.1. The topological polar surface area (TPSA) is 54.4 Å². The zero-order chi connectivity index (χ0) is 10.9. The Morgan fingerprint density at radius 3 is 2.57 bits per heavy atom. The summed E-state index contributed by atoms with van der Waals surface area (Å²) < 4.78 is 34.4. The van der Waals surface area contributed by atoms with Crippen molar-refractivity contribution in [1.82, 2.24) is 0 Å². The van der Waals surface area contributed by atoms with Crippen LogP contribution in [0.1, 0.15) is 11.1 Å². The van der Waals surface area contributed by atoms with E-state index >= 15 is 0 Å². The minimum absolute atomic E-state index is 0.0388. The lowest BCUT2D eigenvalue weighted by molar-refractivity contribution is 0.425. The van der Waals surface area contributed by atoms with Gasteiger partial charge in [-0.3, -0.25) is 0 Å². The van der Waals surface area contributed by atoms with Gasteiger partial charge in [-0.25, -0.2) is 12.8 Å². The average Bonchev–Trinajstić information content (AvgIpc) is 2.04. The molecule has 1 rings (SSSR count). The molecule has 1 aromatic rings. The van der Waals surface area contributed by atoms with Crippen molar-refractivity contribution in [3.8, 4) is 5.75 Å². The standard InChI is InChI=1S/C8H8ClFO3S/c1-5-2-3-6(4-14(9,12)13)8(11)7(5)10/h2-3,11H,4H2,1H3. The summed E-state index contributed by atoms with van der Waals surface area (Å²) in [4.78, 5) is 0. The average molecular weight is 239 g/mol. The second-order valence-electron chi connectivity index (χ2n) is 2.89. The zero-order valence-corrected chi connectivity index (χ0v) is 8.86. The van der Waals surface area contributed by atoms with Crippen LogP contribution in [0.5, 0.6) is 5.75 Å². The molecule has 0 spiro atoms. The second kappa shape index (κ2) is 3.74. The number of aromatic hydroxyl groups is 1. The first-order valence-electron chi connectivity index (χ1n) is 3.70. The Morgan fingerprint density at radius 2 is 2.07 bits per heavy atom. The van der Waals surface area contributed by atoms with Crippen LogP contribution in [0.3, 0.4) is 0 Å². The Morgan fingerprint density at radius 1 is 1.50 bits per heavy atom. The maximum absolute atomic E-state index is 13.1. The fourth-order valence-electron chi connectivity index (χ4n) is 1.01. The number of hydrogen-bond acceptors (Lipinski definition) is 3. The summed E-state index contributed by atoms with van der Waals surface area (Å²) in [5.74, 6) is -2.06. The molecule has 0 aliphatic carbocycles. The van der Waals surface area contributed by atoms with E-state index in [2.05, 4.69) is 0 Å². The molecular formula is C8H8ClFO3S. The van der Waals surface area contributed by atoms with E-state index < -0.39 is 26.4 Å². The molecule has 1 N–H and O–H groups in total. The Kier molecular flexibility index (Phi) is 3.01. The Balaban J connectivity index is 3.19. The summed E-state index contributed by atoms with van der Waals surface area (Å²) in [6.07, 6.45) is 0. The van der Waals surface area contributed by atoms with Crippen molar-refractivity contribution in [3.05, 3.63) is 29.1 Å². The smallest absolute Gasteiger partial charge is 0.236 e. The molecule has 1 aromatic carbocycles. The van der Waals surface area contributed by atoms with Crippen LogP contribution in [0.15, 0.2) is 12.1 Å². The van der Waals surface area contributed by atoms with Gasteiger partial charge in [0.15, 0.2) is 11.6 Å². The molecule has 0 unspecified atom stereocenters. The van der Waals surface area contributed by atoms with Crippen LogP contribution in [0.25, 0.3) is 0 Å². The first kappa shape index (κ1) is 11.3. The van der Waals surface area contributed by atoms with Gasteiger partial charge in [-0.05, 0) is 12.5 Å². The molecule has 0 aliphatic rings. The van der Waals surface area contributed by atoms with E-state index in [1.54, 1.807) is 0 Å². The highest BCUT2D eigenvalue weighted by molar-refractivity contribution is 8.13. The van der Waals surface area contributed by atoms with Crippen molar-refractivity contribution in [1.29, 1.82) is 0 Å². The second-order valence-corrected chi connectivity index (χ2v) is 5.66. The number of halogens is 2. The van der Waals surface area contributed by atoms with Crippen LogP contribution in [0.2, 0.25) is 0 Å². The number of hydrogen-bond donors (Lipinski definition) is 1. The van der Waals surface area contributed by atoms with Crippen molar-refractivity contribution in [3.63, 3.8) is 0 Å². The van der Waals surface area contributed by atoms with Crippen LogP contribution >= 0.6 is 10.7 Å². The third-order valence-electron chi connectivity index (χ3n) is 1.72. The van der Waals surface area contributed by atoms with E-state index in [0.717, 1.165) is 0 Å². The Hall–Kier alpha value is -0.810. The number of phenolic OH excluding ortho intramolecular Hbond substituents is 1. The molecule has 6 heteroatoms. The van der Waals surface area contributed by atoms with Gasteiger partial charge in [0.25, 0.3) is 0 Å². The van der Waals surface area contributed by atoms with Gasteiger partial charge in [0, 0.05) is 16.2 Å². The highest BCUT2D eigenvalue weighted by Gasteiger charge is 2.15. The van der Waals surface area contributed by atoms with Gasteiger partial charge in [-0.2, -0.15) is 0 Å². The summed E-state index contributed by atoms with van der Waals surface area (Å²) >= 11 is 0. The van der Waals surface area contributed by atoms with E-state index in [9.17, 15) is 17.9 Å². The monoisotopic (exact) mass is 238 g/mol. The van der Waals surface area contributed by atoms with Crippen molar-refractivity contribution in [2.24, 2.45) is 0 Å². The van der Waals surface area contributed by atoms with Crippen LogP contribution < -0.4 is 0 Å². The molecule has 0 heterocycles. The van der Waals surface area contributed by atoms with Crippen molar-refractivity contribution in [2.45, 2.75) is 12.7 Å². The number of rotatable bonds is 2. The molecule has 78 valence electrons. The molecule has 0 saturated heterocycles. The van der Waals surface area contributed by atoms with E-state index in [1.165, 1.54) is 19.1 Å². The number of phenols is 1. The highest BCUT2D eigenvalue weighted by Crippen LogP contribution is 2.26. The van der Waals surface area contributed by atoms with Gasteiger partial charge < -0.3 is 5.11 Å². The molecule has 0 aromatic heterocycles. The minimum atomic E-state index is -3.78. The third-order valence-corrected chi connectivity index (χ3v) is 2.70. The Labute approximate surface area is 85.6 Å². The summed E-state index contributed by atoms with van der Waals surface area (Å²) in [5.41, 5.74) is 0.210. The molecule has 0 fully saturated rings. The van der Waals surface area contributed by atoms with Gasteiger partial charge in [-0.15, -0.1) is 0 Å². The normalized spacial score (nSPS) is 11.6. The number of aryl methyl sites for hydroxylation is 1. The lowest BCUT2D eigenvalue weighted by atomic mass is 10.1.